The van der Waals surface area contributed by atoms with E-state index >= 15 is 0 Å². The van der Waals surface area contributed by atoms with Crippen LogP contribution >= 0.6 is 11.5 Å². The third kappa shape index (κ3) is 2.65. The Labute approximate surface area is 108 Å². The molecule has 0 fully saturated rings. The van der Waals surface area contributed by atoms with Crippen molar-refractivity contribution in [3.8, 4) is 10.9 Å². The van der Waals surface area contributed by atoms with E-state index in [1.165, 1.54) is 6.07 Å². The van der Waals surface area contributed by atoms with Crippen molar-refractivity contribution in [2.24, 2.45) is 0 Å². The van der Waals surface area contributed by atoms with Gasteiger partial charge in [0, 0.05) is 17.5 Å². The van der Waals surface area contributed by atoms with Crippen molar-refractivity contribution in [2.75, 3.05) is 0 Å². The number of aromatic carboxylic acids is 1. The molecule has 0 amide bonds. The van der Waals surface area contributed by atoms with Crippen LogP contribution < -0.4 is 4.74 Å². The van der Waals surface area contributed by atoms with Crippen LogP contribution in [0.25, 0.3) is 0 Å². The summed E-state index contributed by atoms with van der Waals surface area (Å²) in [6.07, 6.45) is 0. The van der Waals surface area contributed by atoms with E-state index in [1.54, 1.807) is 18.2 Å². The second-order valence-corrected chi connectivity index (χ2v) is 4.69. The predicted octanol–water partition coefficient (Wildman–Crippen LogP) is 3.15. The van der Waals surface area contributed by atoms with E-state index in [1.807, 2.05) is 13.8 Å². The molecule has 94 valence electrons. The summed E-state index contributed by atoms with van der Waals surface area (Å²) in [4.78, 5) is 15.2. The highest BCUT2D eigenvalue weighted by molar-refractivity contribution is 7.07. The smallest absolute Gasteiger partial charge is 0.339 e. The number of rotatable bonds is 4. The standard InChI is InChI=1S/C12H12N2O3S/c1-7(2)10-13-12(18-14-10)17-9-6-4-3-5-8(9)11(15)16/h3-7H,1-2H3,(H,15,16). The number of hydrogen-bond acceptors (Lipinski definition) is 5. The quantitative estimate of drug-likeness (QED) is 0.918. The van der Waals surface area contributed by atoms with Gasteiger partial charge in [-0.3, -0.25) is 0 Å². The molecule has 1 N–H and O–H groups in total. The number of nitrogens with zero attached hydrogens (tertiary/aromatic N) is 2. The van der Waals surface area contributed by atoms with Gasteiger partial charge in [0.15, 0.2) is 0 Å². The van der Waals surface area contributed by atoms with Gasteiger partial charge in [-0.25, -0.2) is 4.79 Å². The normalized spacial score (nSPS) is 10.6. The van der Waals surface area contributed by atoms with Crippen LogP contribution in [0.3, 0.4) is 0 Å². The highest BCUT2D eigenvalue weighted by atomic mass is 32.1. The SMILES string of the molecule is CC(C)c1nsc(Oc2ccccc2C(=O)O)n1. The molecule has 1 aromatic heterocycles. The maximum Gasteiger partial charge on any atom is 0.339 e. The van der Waals surface area contributed by atoms with Gasteiger partial charge < -0.3 is 9.84 Å². The van der Waals surface area contributed by atoms with Crippen LogP contribution in [0, 0.1) is 0 Å². The fraction of sp³-hybridized carbons (Fsp3) is 0.250. The number of ether oxygens (including phenoxy) is 1. The molecule has 0 radical (unpaired) electrons. The van der Waals surface area contributed by atoms with Crippen molar-refractivity contribution < 1.29 is 14.6 Å². The molecule has 0 aliphatic heterocycles. The lowest BCUT2D eigenvalue weighted by molar-refractivity contribution is 0.0694. The molecule has 1 aromatic carbocycles. The lowest BCUT2D eigenvalue weighted by Crippen LogP contribution is -1.99. The zero-order valence-corrected chi connectivity index (χ0v) is 10.8. The minimum Gasteiger partial charge on any atom is -0.478 e. The van der Waals surface area contributed by atoms with Gasteiger partial charge in [-0.05, 0) is 12.1 Å². The van der Waals surface area contributed by atoms with E-state index in [4.69, 9.17) is 9.84 Å². The first-order chi connectivity index (χ1) is 8.58. The highest BCUT2D eigenvalue weighted by Crippen LogP contribution is 2.27. The Bertz CT molecular complexity index is 566. The summed E-state index contributed by atoms with van der Waals surface area (Å²) in [7, 11) is 0. The van der Waals surface area contributed by atoms with Crippen molar-refractivity contribution in [3.05, 3.63) is 35.7 Å². The van der Waals surface area contributed by atoms with Crippen LogP contribution in [-0.2, 0) is 0 Å². The van der Waals surface area contributed by atoms with Crippen molar-refractivity contribution in [1.82, 2.24) is 9.36 Å². The van der Waals surface area contributed by atoms with Crippen molar-refractivity contribution >= 4 is 17.5 Å². The summed E-state index contributed by atoms with van der Waals surface area (Å²) >= 11 is 1.12. The van der Waals surface area contributed by atoms with Crippen molar-refractivity contribution in [3.63, 3.8) is 0 Å². The molecular weight excluding hydrogens is 252 g/mol. The second-order valence-electron chi connectivity index (χ2n) is 3.98. The number of carboxylic acid groups (broad SMARTS) is 1. The summed E-state index contributed by atoms with van der Waals surface area (Å²) in [5.74, 6) is 0.159. The molecule has 0 atom stereocenters. The van der Waals surface area contributed by atoms with Gasteiger partial charge in [0.1, 0.15) is 17.1 Å². The minimum atomic E-state index is -1.03. The van der Waals surface area contributed by atoms with Crippen molar-refractivity contribution in [1.29, 1.82) is 0 Å². The Balaban J connectivity index is 2.25. The average molecular weight is 264 g/mol. The lowest BCUT2D eigenvalue weighted by Gasteiger charge is -2.04. The van der Waals surface area contributed by atoms with Gasteiger partial charge in [0.2, 0.25) is 0 Å². The second kappa shape index (κ2) is 5.14. The number of hydrogen-bond donors (Lipinski definition) is 1. The number of carboxylic acids is 1. The van der Waals surface area contributed by atoms with E-state index in [-0.39, 0.29) is 17.2 Å². The summed E-state index contributed by atoms with van der Waals surface area (Å²) in [5.41, 5.74) is 0.110. The maximum atomic E-state index is 11.0. The molecule has 0 bridgehead atoms. The zero-order valence-electron chi connectivity index (χ0n) is 9.95. The summed E-state index contributed by atoms with van der Waals surface area (Å²) in [6, 6.07) is 6.45. The summed E-state index contributed by atoms with van der Waals surface area (Å²) < 4.78 is 9.61. The zero-order chi connectivity index (χ0) is 13.1. The van der Waals surface area contributed by atoms with Crippen LogP contribution in [0.5, 0.6) is 10.9 Å². The Morgan fingerprint density at radius 1 is 1.39 bits per heavy atom. The summed E-state index contributed by atoms with van der Waals surface area (Å²) in [6.45, 7) is 3.97. The molecule has 0 spiro atoms. The molecule has 1 heterocycles. The fourth-order valence-corrected chi connectivity index (χ4v) is 2.01. The molecule has 6 heteroatoms. The van der Waals surface area contributed by atoms with Crippen molar-refractivity contribution in [2.45, 2.75) is 19.8 Å². The third-order valence-corrected chi connectivity index (χ3v) is 2.86. The average Bonchev–Trinajstić information content (AvgIpc) is 2.78. The molecule has 0 unspecified atom stereocenters. The first-order valence-corrected chi connectivity index (χ1v) is 6.19. The van der Waals surface area contributed by atoms with Crippen LogP contribution in [-0.4, -0.2) is 20.4 Å². The maximum absolute atomic E-state index is 11.0. The van der Waals surface area contributed by atoms with E-state index in [2.05, 4.69) is 9.36 Å². The Morgan fingerprint density at radius 3 is 2.72 bits per heavy atom. The van der Waals surface area contributed by atoms with Crippen LogP contribution in [0.2, 0.25) is 0 Å². The predicted molar refractivity (Wildman–Crippen MR) is 67.5 cm³/mol. The topological polar surface area (TPSA) is 72.3 Å². The monoisotopic (exact) mass is 264 g/mol. The molecule has 0 aliphatic carbocycles. The van der Waals surface area contributed by atoms with Gasteiger partial charge >= 0.3 is 5.97 Å². The first kappa shape index (κ1) is 12.5. The van der Waals surface area contributed by atoms with E-state index in [0.29, 0.717) is 11.0 Å². The Morgan fingerprint density at radius 2 is 2.11 bits per heavy atom. The minimum absolute atomic E-state index is 0.110. The van der Waals surface area contributed by atoms with Gasteiger partial charge in [0.05, 0.1) is 0 Å². The van der Waals surface area contributed by atoms with Gasteiger partial charge in [-0.15, -0.1) is 0 Å². The number of benzene rings is 1. The number of carbonyl (C=O) groups is 1. The van der Waals surface area contributed by atoms with Crippen LogP contribution in [0.15, 0.2) is 24.3 Å². The number of para-hydroxylation sites is 1. The van der Waals surface area contributed by atoms with Gasteiger partial charge in [0.25, 0.3) is 5.19 Å². The molecule has 0 aliphatic rings. The first-order valence-electron chi connectivity index (χ1n) is 5.41. The van der Waals surface area contributed by atoms with Gasteiger partial charge in [-0.1, -0.05) is 26.0 Å². The highest BCUT2D eigenvalue weighted by Gasteiger charge is 2.14. The molecule has 0 saturated heterocycles. The third-order valence-electron chi connectivity index (χ3n) is 2.25. The van der Waals surface area contributed by atoms with Gasteiger partial charge in [-0.2, -0.15) is 9.36 Å². The fourth-order valence-electron chi connectivity index (χ4n) is 1.32. The molecule has 0 saturated carbocycles. The lowest BCUT2D eigenvalue weighted by atomic mass is 10.2. The largest absolute Gasteiger partial charge is 0.478 e. The molecule has 2 aromatic rings. The van der Waals surface area contributed by atoms with E-state index in [9.17, 15) is 4.79 Å². The molecule has 2 rings (SSSR count). The molecular formula is C12H12N2O3S. The van der Waals surface area contributed by atoms with E-state index < -0.39 is 5.97 Å². The molecule has 5 nitrogen and oxygen atoms in total. The van der Waals surface area contributed by atoms with Crippen LogP contribution in [0.1, 0.15) is 35.9 Å². The Kier molecular flexibility index (Phi) is 3.57. The van der Waals surface area contributed by atoms with E-state index in [0.717, 1.165) is 11.5 Å². The van der Waals surface area contributed by atoms with Crippen LogP contribution in [0.4, 0.5) is 0 Å². The Hall–Kier alpha value is -1.95. The molecule has 18 heavy (non-hydrogen) atoms. The summed E-state index contributed by atoms with van der Waals surface area (Å²) in [5, 5.41) is 9.38. The number of aromatic nitrogens is 2.